The Kier molecular flexibility index (Phi) is 6.04. The van der Waals surface area contributed by atoms with Crippen molar-refractivity contribution in [1.82, 2.24) is 0 Å². The van der Waals surface area contributed by atoms with Crippen LogP contribution >= 0.6 is 0 Å². The fraction of sp³-hybridized carbons (Fsp3) is 0.273. The molecule has 0 saturated carbocycles. The molecule has 0 unspecified atom stereocenters. The van der Waals surface area contributed by atoms with Crippen LogP contribution < -0.4 is 10.2 Å². The van der Waals surface area contributed by atoms with Gasteiger partial charge >= 0.3 is 12.1 Å². The van der Waals surface area contributed by atoms with Crippen molar-refractivity contribution in [3.63, 3.8) is 0 Å². The molecule has 0 atom stereocenters. The summed E-state index contributed by atoms with van der Waals surface area (Å²) in [6, 6.07) is 11.6. The molecule has 1 amide bonds. The van der Waals surface area contributed by atoms with Crippen LogP contribution in [0.5, 0.6) is 0 Å². The molecule has 3 aromatic rings. The Morgan fingerprint density at radius 3 is 2.53 bits per heavy atom. The minimum Gasteiger partial charge on any atom is -0.450 e. The van der Waals surface area contributed by atoms with Crippen LogP contribution in [0.1, 0.15) is 16.1 Å². The van der Waals surface area contributed by atoms with Gasteiger partial charge in [-0.05, 0) is 30.3 Å². The second kappa shape index (κ2) is 8.91. The van der Waals surface area contributed by atoms with Crippen molar-refractivity contribution in [1.29, 1.82) is 0 Å². The van der Waals surface area contributed by atoms with Crippen LogP contribution in [-0.2, 0) is 20.4 Å². The summed E-state index contributed by atoms with van der Waals surface area (Å²) in [7, 11) is 0. The molecule has 2 aromatic carbocycles. The summed E-state index contributed by atoms with van der Waals surface area (Å²) >= 11 is 0. The zero-order valence-electron chi connectivity index (χ0n) is 16.8. The highest BCUT2D eigenvalue weighted by Crippen LogP contribution is 2.35. The Labute approximate surface area is 180 Å². The van der Waals surface area contributed by atoms with E-state index in [4.69, 9.17) is 13.9 Å². The number of hydrogen-bond donors (Lipinski definition) is 1. The number of nitrogens with zero attached hydrogens (tertiary/aromatic N) is 1. The highest BCUT2D eigenvalue weighted by molar-refractivity contribution is 5.98. The van der Waals surface area contributed by atoms with Gasteiger partial charge in [-0.25, -0.2) is 4.79 Å². The predicted molar refractivity (Wildman–Crippen MR) is 110 cm³/mol. The van der Waals surface area contributed by atoms with Crippen molar-refractivity contribution >= 4 is 34.2 Å². The summed E-state index contributed by atoms with van der Waals surface area (Å²) in [5.74, 6) is -1.70. The first-order valence-corrected chi connectivity index (χ1v) is 9.81. The van der Waals surface area contributed by atoms with E-state index in [9.17, 15) is 22.8 Å². The minimum absolute atomic E-state index is 0.0217. The molecule has 1 fully saturated rings. The smallest absolute Gasteiger partial charge is 0.416 e. The second-order valence-electron chi connectivity index (χ2n) is 7.10. The molecule has 0 radical (unpaired) electrons. The number of benzene rings is 2. The van der Waals surface area contributed by atoms with Gasteiger partial charge in [0.05, 0.1) is 30.2 Å². The van der Waals surface area contributed by atoms with Gasteiger partial charge in [0.1, 0.15) is 5.58 Å². The molecule has 4 rings (SSSR count). The molecule has 1 aliphatic rings. The van der Waals surface area contributed by atoms with Crippen molar-refractivity contribution in [2.45, 2.75) is 6.18 Å². The molecule has 32 heavy (non-hydrogen) atoms. The maximum atomic E-state index is 13.2. The molecule has 0 spiro atoms. The van der Waals surface area contributed by atoms with Crippen LogP contribution in [-0.4, -0.2) is 44.8 Å². The lowest BCUT2D eigenvalue weighted by Gasteiger charge is -2.31. The average molecular weight is 448 g/mol. The van der Waals surface area contributed by atoms with E-state index in [2.05, 4.69) is 5.32 Å². The first kappa shape index (κ1) is 21.7. The van der Waals surface area contributed by atoms with Gasteiger partial charge in [-0.3, -0.25) is 4.79 Å². The van der Waals surface area contributed by atoms with Gasteiger partial charge in [0, 0.05) is 18.5 Å². The average Bonchev–Trinajstić information content (AvgIpc) is 3.22. The maximum absolute atomic E-state index is 13.2. The Morgan fingerprint density at radius 1 is 1.06 bits per heavy atom. The zero-order chi connectivity index (χ0) is 22.7. The van der Waals surface area contributed by atoms with E-state index in [0.717, 1.165) is 12.1 Å². The number of para-hydroxylation sites is 1. The van der Waals surface area contributed by atoms with E-state index in [1.54, 1.807) is 24.3 Å². The first-order valence-electron chi connectivity index (χ1n) is 9.81. The number of ether oxygens (including phenoxy) is 2. The number of esters is 1. The van der Waals surface area contributed by atoms with Gasteiger partial charge in [-0.15, -0.1) is 0 Å². The quantitative estimate of drug-likeness (QED) is 0.593. The zero-order valence-corrected chi connectivity index (χ0v) is 16.8. The number of amides is 1. The largest absolute Gasteiger partial charge is 0.450 e. The summed E-state index contributed by atoms with van der Waals surface area (Å²) in [5, 5.41) is 3.12. The van der Waals surface area contributed by atoms with Crippen LogP contribution in [0.3, 0.4) is 0 Å². The number of fused-ring (bicyclic) bond motifs is 1. The minimum atomic E-state index is -4.57. The standard InChI is InChI=1S/C22H19F3N2O5/c23-22(24,25)15-5-6-17(27-7-9-30-10-8-27)16(12-15)26-20(28)13-31-21(29)19-11-14-3-1-2-4-18(14)32-19/h1-6,11-12H,7-10,13H2,(H,26,28). The van der Waals surface area contributed by atoms with Crippen molar-refractivity contribution in [2.24, 2.45) is 0 Å². The van der Waals surface area contributed by atoms with E-state index in [1.165, 1.54) is 12.1 Å². The number of hydrogen-bond acceptors (Lipinski definition) is 6. The molecule has 0 bridgehead atoms. The van der Waals surface area contributed by atoms with E-state index < -0.39 is 30.2 Å². The molecule has 7 nitrogen and oxygen atoms in total. The molecule has 1 aromatic heterocycles. The number of alkyl halides is 3. The molecule has 1 saturated heterocycles. The fourth-order valence-electron chi connectivity index (χ4n) is 3.36. The number of morpholine rings is 1. The topological polar surface area (TPSA) is 81.0 Å². The molecule has 0 aliphatic carbocycles. The van der Waals surface area contributed by atoms with Crippen molar-refractivity contribution < 1.29 is 36.7 Å². The van der Waals surface area contributed by atoms with Gasteiger partial charge in [0.2, 0.25) is 5.76 Å². The van der Waals surface area contributed by atoms with Crippen LogP contribution in [0.2, 0.25) is 0 Å². The first-order chi connectivity index (χ1) is 15.3. The highest BCUT2D eigenvalue weighted by atomic mass is 19.4. The lowest BCUT2D eigenvalue weighted by atomic mass is 10.1. The van der Waals surface area contributed by atoms with Gasteiger partial charge in [0.15, 0.2) is 6.61 Å². The van der Waals surface area contributed by atoms with E-state index >= 15 is 0 Å². The van der Waals surface area contributed by atoms with Crippen LogP contribution in [0.25, 0.3) is 11.0 Å². The lowest BCUT2D eigenvalue weighted by molar-refractivity contribution is -0.137. The summed E-state index contributed by atoms with van der Waals surface area (Å²) in [4.78, 5) is 26.4. The van der Waals surface area contributed by atoms with E-state index in [-0.39, 0.29) is 11.4 Å². The van der Waals surface area contributed by atoms with Crippen molar-refractivity contribution in [2.75, 3.05) is 43.1 Å². The van der Waals surface area contributed by atoms with Crippen LogP contribution in [0.4, 0.5) is 24.5 Å². The summed E-state index contributed by atoms with van der Waals surface area (Å²) in [6.07, 6.45) is -4.57. The Bertz CT molecular complexity index is 1100. The summed E-state index contributed by atoms with van der Waals surface area (Å²) in [6.45, 7) is 1.09. The molecular weight excluding hydrogens is 429 g/mol. The highest BCUT2D eigenvalue weighted by Gasteiger charge is 2.32. The number of carbonyl (C=O) groups excluding carboxylic acids is 2. The number of furan rings is 1. The van der Waals surface area contributed by atoms with Gasteiger partial charge < -0.3 is 24.1 Å². The van der Waals surface area contributed by atoms with E-state index in [1.807, 2.05) is 4.90 Å². The Hall–Kier alpha value is -3.53. The monoisotopic (exact) mass is 448 g/mol. The summed E-state index contributed by atoms with van der Waals surface area (Å²) in [5.41, 5.74) is -0.00290. The fourth-order valence-corrected chi connectivity index (χ4v) is 3.36. The Balaban J connectivity index is 1.46. The predicted octanol–water partition coefficient (Wildman–Crippen LogP) is 4.08. The van der Waals surface area contributed by atoms with Gasteiger partial charge in [-0.2, -0.15) is 13.2 Å². The van der Waals surface area contributed by atoms with Gasteiger partial charge in [0.25, 0.3) is 5.91 Å². The van der Waals surface area contributed by atoms with E-state index in [0.29, 0.717) is 43.0 Å². The Morgan fingerprint density at radius 2 is 1.81 bits per heavy atom. The molecule has 1 N–H and O–H groups in total. The number of carbonyl (C=O) groups is 2. The molecular formula is C22H19F3N2O5. The third-order valence-corrected chi connectivity index (χ3v) is 4.91. The maximum Gasteiger partial charge on any atom is 0.416 e. The number of rotatable bonds is 5. The van der Waals surface area contributed by atoms with Gasteiger partial charge in [-0.1, -0.05) is 18.2 Å². The summed E-state index contributed by atoms with van der Waals surface area (Å²) < 4.78 is 55.2. The second-order valence-corrected chi connectivity index (χ2v) is 7.10. The van der Waals surface area contributed by atoms with Crippen molar-refractivity contribution in [3.8, 4) is 0 Å². The van der Waals surface area contributed by atoms with Crippen molar-refractivity contribution in [3.05, 3.63) is 59.9 Å². The molecule has 2 heterocycles. The van der Waals surface area contributed by atoms with Crippen LogP contribution in [0, 0.1) is 0 Å². The lowest BCUT2D eigenvalue weighted by Crippen LogP contribution is -2.37. The molecule has 1 aliphatic heterocycles. The number of halogens is 3. The van der Waals surface area contributed by atoms with Crippen LogP contribution in [0.15, 0.2) is 52.9 Å². The third-order valence-electron chi connectivity index (χ3n) is 4.91. The third kappa shape index (κ3) is 4.86. The number of anilines is 2. The molecule has 10 heteroatoms. The normalized spacial score (nSPS) is 14.4. The number of nitrogens with one attached hydrogen (secondary N) is 1. The molecule has 168 valence electrons. The SMILES string of the molecule is O=C(COC(=O)c1cc2ccccc2o1)Nc1cc(C(F)(F)F)ccc1N1CCOCC1.